The van der Waals surface area contributed by atoms with E-state index in [0.717, 1.165) is 0 Å². The van der Waals surface area contributed by atoms with Gasteiger partial charge in [0, 0.05) is 11.8 Å². The smallest absolute Gasteiger partial charge is 0.485 e. The maximum atomic E-state index is 12.2. The zero-order chi connectivity index (χ0) is 14.6. The van der Waals surface area contributed by atoms with Gasteiger partial charge in [-0.3, -0.25) is 0 Å². The van der Waals surface area contributed by atoms with Crippen LogP contribution in [-0.4, -0.2) is 11.3 Å². The SMILES string of the molecule is Nc1ncccc1COc1ccccc1OC(F)(F)F. The molecule has 0 bridgehead atoms. The lowest BCUT2D eigenvalue weighted by Crippen LogP contribution is -2.17. The molecule has 7 heteroatoms. The van der Waals surface area contributed by atoms with Crippen LogP contribution in [0.15, 0.2) is 42.6 Å². The first-order valence-electron chi connectivity index (χ1n) is 5.62. The van der Waals surface area contributed by atoms with Crippen molar-refractivity contribution >= 4 is 5.82 Å². The van der Waals surface area contributed by atoms with Crippen LogP contribution in [0.1, 0.15) is 5.56 Å². The average molecular weight is 284 g/mol. The predicted octanol–water partition coefficient (Wildman–Crippen LogP) is 3.14. The minimum atomic E-state index is -4.77. The quantitative estimate of drug-likeness (QED) is 0.937. The van der Waals surface area contributed by atoms with Gasteiger partial charge in [0.1, 0.15) is 12.4 Å². The first-order valence-corrected chi connectivity index (χ1v) is 5.62. The number of hydrogen-bond acceptors (Lipinski definition) is 4. The molecule has 2 aromatic rings. The van der Waals surface area contributed by atoms with Gasteiger partial charge >= 0.3 is 6.36 Å². The normalized spacial score (nSPS) is 11.2. The van der Waals surface area contributed by atoms with Gasteiger partial charge in [0.15, 0.2) is 11.5 Å². The molecule has 1 heterocycles. The third kappa shape index (κ3) is 3.78. The number of ether oxygens (including phenoxy) is 2. The molecule has 0 saturated heterocycles. The van der Waals surface area contributed by atoms with Gasteiger partial charge in [-0.05, 0) is 18.2 Å². The van der Waals surface area contributed by atoms with Crippen LogP contribution in [0, 0.1) is 0 Å². The number of benzene rings is 1. The monoisotopic (exact) mass is 284 g/mol. The van der Waals surface area contributed by atoms with Crippen molar-refractivity contribution in [3.05, 3.63) is 48.2 Å². The summed E-state index contributed by atoms with van der Waals surface area (Å²) in [4.78, 5) is 3.86. The molecule has 0 amide bonds. The molecular weight excluding hydrogens is 273 g/mol. The summed E-state index contributed by atoms with van der Waals surface area (Å²) < 4.78 is 45.9. The van der Waals surface area contributed by atoms with Crippen LogP contribution in [0.2, 0.25) is 0 Å². The molecule has 1 aromatic heterocycles. The zero-order valence-electron chi connectivity index (χ0n) is 10.2. The number of nitrogens with zero attached hydrogens (tertiary/aromatic N) is 1. The third-order valence-corrected chi connectivity index (χ3v) is 2.38. The maximum Gasteiger partial charge on any atom is 0.573 e. The number of hydrogen-bond donors (Lipinski definition) is 1. The molecule has 0 fully saturated rings. The van der Waals surface area contributed by atoms with Crippen LogP contribution in [0.4, 0.5) is 19.0 Å². The van der Waals surface area contributed by atoms with Crippen molar-refractivity contribution in [2.75, 3.05) is 5.73 Å². The first-order chi connectivity index (χ1) is 9.46. The molecule has 106 valence electrons. The Morgan fingerprint density at radius 1 is 1.05 bits per heavy atom. The van der Waals surface area contributed by atoms with Crippen molar-refractivity contribution in [1.29, 1.82) is 0 Å². The molecule has 2 N–H and O–H groups in total. The van der Waals surface area contributed by atoms with E-state index in [0.29, 0.717) is 5.56 Å². The van der Waals surface area contributed by atoms with Crippen molar-refractivity contribution < 1.29 is 22.6 Å². The van der Waals surface area contributed by atoms with Crippen molar-refractivity contribution in [3.63, 3.8) is 0 Å². The molecule has 0 atom stereocenters. The lowest BCUT2D eigenvalue weighted by Gasteiger charge is -2.14. The minimum absolute atomic E-state index is 0.00208. The van der Waals surface area contributed by atoms with Crippen LogP contribution in [0.3, 0.4) is 0 Å². The summed E-state index contributed by atoms with van der Waals surface area (Å²) in [6.45, 7) is -0.00208. The Morgan fingerprint density at radius 3 is 2.40 bits per heavy atom. The Balaban J connectivity index is 2.12. The van der Waals surface area contributed by atoms with Gasteiger partial charge in [-0.15, -0.1) is 13.2 Å². The molecular formula is C13H11F3N2O2. The minimum Gasteiger partial charge on any atom is -0.485 e. The summed E-state index contributed by atoms with van der Waals surface area (Å²) in [5, 5.41) is 0. The number of alkyl halides is 3. The lowest BCUT2D eigenvalue weighted by atomic mass is 10.2. The van der Waals surface area contributed by atoms with Gasteiger partial charge in [-0.25, -0.2) is 4.98 Å². The largest absolute Gasteiger partial charge is 0.573 e. The van der Waals surface area contributed by atoms with E-state index in [2.05, 4.69) is 9.72 Å². The molecule has 2 rings (SSSR count). The highest BCUT2D eigenvalue weighted by Gasteiger charge is 2.32. The standard InChI is InChI=1S/C13H11F3N2O2/c14-13(15,16)20-11-6-2-1-5-10(11)19-8-9-4-3-7-18-12(9)17/h1-7H,8H2,(H2,17,18). The molecule has 4 nitrogen and oxygen atoms in total. The molecule has 0 aliphatic heterocycles. The molecule has 0 spiro atoms. The predicted molar refractivity (Wildman–Crippen MR) is 66.1 cm³/mol. The van der Waals surface area contributed by atoms with E-state index in [-0.39, 0.29) is 18.2 Å². The number of nitrogen functional groups attached to an aromatic ring is 1. The van der Waals surface area contributed by atoms with E-state index >= 15 is 0 Å². The van der Waals surface area contributed by atoms with Gasteiger partial charge in [0.05, 0.1) is 0 Å². The van der Waals surface area contributed by atoms with Gasteiger partial charge in [0.2, 0.25) is 0 Å². The van der Waals surface area contributed by atoms with Gasteiger partial charge < -0.3 is 15.2 Å². The van der Waals surface area contributed by atoms with E-state index in [9.17, 15) is 13.2 Å². The number of para-hydroxylation sites is 2. The van der Waals surface area contributed by atoms with Crippen molar-refractivity contribution in [3.8, 4) is 11.5 Å². The van der Waals surface area contributed by atoms with Crippen molar-refractivity contribution in [2.45, 2.75) is 13.0 Å². The van der Waals surface area contributed by atoms with Gasteiger partial charge in [0.25, 0.3) is 0 Å². The topological polar surface area (TPSA) is 57.4 Å². The molecule has 0 unspecified atom stereocenters. The van der Waals surface area contributed by atoms with Crippen LogP contribution in [0.5, 0.6) is 11.5 Å². The zero-order valence-corrected chi connectivity index (χ0v) is 10.2. The molecule has 1 aromatic carbocycles. The second-order valence-corrected chi connectivity index (χ2v) is 3.83. The number of rotatable bonds is 4. The Hall–Kier alpha value is -2.44. The summed E-state index contributed by atoms with van der Waals surface area (Å²) in [6, 6.07) is 8.86. The Kier molecular flexibility index (Phi) is 3.97. The van der Waals surface area contributed by atoms with Crippen molar-refractivity contribution in [1.82, 2.24) is 4.98 Å². The van der Waals surface area contributed by atoms with E-state index in [1.165, 1.54) is 24.4 Å². The summed E-state index contributed by atoms with van der Waals surface area (Å²) >= 11 is 0. The van der Waals surface area contributed by atoms with Gasteiger partial charge in [-0.1, -0.05) is 18.2 Å². The maximum absolute atomic E-state index is 12.2. The Bertz CT molecular complexity index is 588. The fourth-order valence-electron chi connectivity index (χ4n) is 1.51. The van der Waals surface area contributed by atoms with E-state index in [4.69, 9.17) is 10.5 Å². The average Bonchev–Trinajstić information content (AvgIpc) is 2.37. The van der Waals surface area contributed by atoms with Crippen LogP contribution < -0.4 is 15.2 Å². The second-order valence-electron chi connectivity index (χ2n) is 3.83. The Morgan fingerprint density at radius 2 is 1.75 bits per heavy atom. The van der Waals surface area contributed by atoms with E-state index < -0.39 is 12.1 Å². The molecule has 0 aliphatic rings. The number of aromatic nitrogens is 1. The first kappa shape index (κ1) is 14.0. The highest BCUT2D eigenvalue weighted by molar-refractivity contribution is 5.41. The molecule has 0 radical (unpaired) electrons. The lowest BCUT2D eigenvalue weighted by molar-refractivity contribution is -0.275. The molecule has 0 saturated carbocycles. The van der Waals surface area contributed by atoms with Crippen molar-refractivity contribution in [2.24, 2.45) is 0 Å². The molecule has 20 heavy (non-hydrogen) atoms. The summed E-state index contributed by atoms with van der Waals surface area (Å²) in [6.07, 6.45) is -3.26. The number of nitrogens with two attached hydrogens (primary N) is 1. The highest BCUT2D eigenvalue weighted by Crippen LogP contribution is 2.32. The fraction of sp³-hybridized carbons (Fsp3) is 0.154. The van der Waals surface area contributed by atoms with Crippen LogP contribution in [-0.2, 0) is 6.61 Å². The Labute approximate surface area is 113 Å². The van der Waals surface area contributed by atoms with Crippen LogP contribution >= 0.6 is 0 Å². The summed E-state index contributed by atoms with van der Waals surface area (Å²) in [5.41, 5.74) is 6.20. The second kappa shape index (κ2) is 5.68. The highest BCUT2D eigenvalue weighted by atomic mass is 19.4. The van der Waals surface area contributed by atoms with E-state index in [1.807, 2.05) is 0 Å². The van der Waals surface area contributed by atoms with Gasteiger partial charge in [-0.2, -0.15) is 0 Å². The van der Waals surface area contributed by atoms with E-state index in [1.54, 1.807) is 18.2 Å². The van der Waals surface area contributed by atoms with Crippen LogP contribution in [0.25, 0.3) is 0 Å². The number of pyridine rings is 1. The number of anilines is 1. The number of halogens is 3. The fourth-order valence-corrected chi connectivity index (χ4v) is 1.51. The third-order valence-electron chi connectivity index (χ3n) is 2.38. The summed E-state index contributed by atoms with van der Waals surface area (Å²) in [5.74, 6) is -0.155. The molecule has 0 aliphatic carbocycles. The summed E-state index contributed by atoms with van der Waals surface area (Å²) in [7, 11) is 0.